The Hall–Kier alpha value is -3.18. The summed E-state index contributed by atoms with van der Waals surface area (Å²) in [7, 11) is -3.69. The second-order valence-electron chi connectivity index (χ2n) is 7.01. The van der Waals surface area contributed by atoms with Gasteiger partial charge in [-0.3, -0.25) is 4.79 Å². The maximum absolute atomic E-state index is 12.9. The molecule has 11 heteroatoms. The van der Waals surface area contributed by atoms with Crippen LogP contribution in [0, 0.1) is 5.82 Å². The lowest BCUT2D eigenvalue weighted by atomic mass is 10.3. The van der Waals surface area contributed by atoms with E-state index in [-0.39, 0.29) is 36.1 Å². The smallest absolute Gasteiger partial charge is 0.307 e. The fraction of sp³-hybridized carbons (Fsp3) is 0.273. The molecule has 0 bridgehead atoms. The van der Waals surface area contributed by atoms with Crippen molar-refractivity contribution >= 4 is 27.1 Å². The average Bonchev–Trinajstić information content (AvgIpc) is 3.29. The van der Waals surface area contributed by atoms with Gasteiger partial charge in [-0.05, 0) is 36.4 Å². The first-order valence-corrected chi connectivity index (χ1v) is 12.5. The minimum atomic E-state index is -3.69. The number of hydrogen-bond donors (Lipinski definition) is 0. The Kier molecular flexibility index (Phi) is 7.09. The van der Waals surface area contributed by atoms with Crippen LogP contribution in [0.3, 0.4) is 0 Å². The number of carbonyl (C=O) groups is 1. The lowest BCUT2D eigenvalue weighted by Crippen LogP contribution is -2.17. The van der Waals surface area contributed by atoms with Gasteiger partial charge in [-0.25, -0.2) is 17.8 Å². The van der Waals surface area contributed by atoms with Crippen molar-refractivity contribution in [3.05, 3.63) is 64.4 Å². The van der Waals surface area contributed by atoms with E-state index in [1.165, 1.54) is 47.7 Å². The molecule has 3 aromatic rings. The summed E-state index contributed by atoms with van der Waals surface area (Å²) in [4.78, 5) is 16.4. The van der Waals surface area contributed by atoms with Gasteiger partial charge in [0.15, 0.2) is 21.3 Å². The van der Waals surface area contributed by atoms with Crippen molar-refractivity contribution in [3.63, 3.8) is 0 Å². The van der Waals surface area contributed by atoms with Crippen molar-refractivity contribution < 1.29 is 36.6 Å². The molecule has 0 spiro atoms. The van der Waals surface area contributed by atoms with Gasteiger partial charge in [0.1, 0.15) is 43.0 Å². The van der Waals surface area contributed by atoms with Crippen molar-refractivity contribution in [2.24, 2.45) is 0 Å². The fourth-order valence-electron chi connectivity index (χ4n) is 2.94. The minimum Gasteiger partial charge on any atom is -0.486 e. The Labute approximate surface area is 193 Å². The van der Waals surface area contributed by atoms with E-state index in [0.29, 0.717) is 41.2 Å². The molecular formula is C22H20FNO7S2. The molecule has 0 saturated heterocycles. The predicted octanol–water partition coefficient (Wildman–Crippen LogP) is 3.54. The Morgan fingerprint density at radius 3 is 2.61 bits per heavy atom. The molecule has 0 N–H and O–H groups in total. The molecule has 0 aliphatic carbocycles. The number of nitrogens with zero attached hydrogens (tertiary/aromatic N) is 1. The molecule has 0 atom stereocenters. The lowest BCUT2D eigenvalue weighted by Gasteiger charge is -2.18. The van der Waals surface area contributed by atoms with E-state index in [1.807, 2.05) is 0 Å². The standard InChI is InChI=1S/C22H20FNO7S2/c23-15-1-3-17(4-2-15)30-13-21-24-16(14-32-21)12-31-22(25)7-10-33(26,27)18-5-6-19-20(11-18)29-9-8-28-19/h1-6,11,14H,7-10,12-13H2. The summed E-state index contributed by atoms with van der Waals surface area (Å²) in [6.07, 6.45) is -0.290. The molecule has 0 unspecified atom stereocenters. The van der Waals surface area contributed by atoms with E-state index in [0.717, 1.165) is 0 Å². The lowest BCUT2D eigenvalue weighted by molar-refractivity contribution is -0.144. The SMILES string of the molecule is O=C(CCS(=O)(=O)c1ccc2c(c1)OCCO2)OCc1csc(COc2ccc(F)cc2)n1. The monoisotopic (exact) mass is 493 g/mol. The van der Waals surface area contributed by atoms with Gasteiger partial charge < -0.3 is 18.9 Å². The molecular weight excluding hydrogens is 473 g/mol. The number of fused-ring (bicyclic) bond motifs is 1. The summed E-state index contributed by atoms with van der Waals surface area (Å²) in [6, 6.07) is 10.0. The topological polar surface area (TPSA) is 101 Å². The van der Waals surface area contributed by atoms with Crippen LogP contribution in [0.4, 0.5) is 4.39 Å². The van der Waals surface area contributed by atoms with Gasteiger partial charge in [-0.2, -0.15) is 0 Å². The zero-order valence-electron chi connectivity index (χ0n) is 17.4. The number of benzene rings is 2. The van der Waals surface area contributed by atoms with Crippen molar-refractivity contribution in [1.29, 1.82) is 0 Å². The summed E-state index contributed by atoms with van der Waals surface area (Å²) in [5, 5.41) is 2.38. The van der Waals surface area contributed by atoms with E-state index in [1.54, 1.807) is 11.4 Å². The third-order valence-corrected chi connectivity index (χ3v) is 7.19. The molecule has 1 aliphatic rings. The maximum atomic E-state index is 12.9. The van der Waals surface area contributed by atoms with Gasteiger partial charge in [-0.15, -0.1) is 11.3 Å². The molecule has 0 radical (unpaired) electrons. The number of carbonyl (C=O) groups excluding carboxylic acids is 1. The zero-order valence-corrected chi connectivity index (χ0v) is 19.0. The first-order valence-electron chi connectivity index (χ1n) is 9.99. The van der Waals surface area contributed by atoms with E-state index < -0.39 is 15.8 Å². The van der Waals surface area contributed by atoms with Gasteiger partial charge in [0, 0.05) is 11.4 Å². The van der Waals surface area contributed by atoms with Crippen LogP contribution >= 0.6 is 11.3 Å². The van der Waals surface area contributed by atoms with Crippen LogP contribution in [0.15, 0.2) is 52.7 Å². The summed E-state index contributed by atoms with van der Waals surface area (Å²) >= 11 is 1.33. The molecule has 4 rings (SSSR count). The predicted molar refractivity (Wildman–Crippen MR) is 117 cm³/mol. The van der Waals surface area contributed by atoms with Gasteiger partial charge >= 0.3 is 5.97 Å². The average molecular weight is 494 g/mol. The van der Waals surface area contributed by atoms with Crippen LogP contribution in [-0.2, 0) is 32.6 Å². The first kappa shape index (κ1) is 23.0. The van der Waals surface area contributed by atoms with Crippen LogP contribution in [0.1, 0.15) is 17.1 Å². The normalized spacial score (nSPS) is 12.9. The Morgan fingerprint density at radius 2 is 1.82 bits per heavy atom. The molecule has 0 amide bonds. The van der Waals surface area contributed by atoms with Gasteiger partial charge in [0.2, 0.25) is 0 Å². The molecule has 1 aromatic heterocycles. The molecule has 174 valence electrons. The molecule has 1 aliphatic heterocycles. The first-order chi connectivity index (χ1) is 15.9. The van der Waals surface area contributed by atoms with Gasteiger partial charge in [0.25, 0.3) is 0 Å². The number of sulfone groups is 1. The van der Waals surface area contributed by atoms with Gasteiger partial charge in [0.05, 0.1) is 22.8 Å². The second-order valence-corrected chi connectivity index (χ2v) is 10.1. The van der Waals surface area contributed by atoms with E-state index in [4.69, 9.17) is 18.9 Å². The minimum absolute atomic E-state index is 0.0600. The maximum Gasteiger partial charge on any atom is 0.307 e. The molecule has 33 heavy (non-hydrogen) atoms. The van der Waals surface area contributed by atoms with Crippen LogP contribution in [0.25, 0.3) is 0 Å². The number of halogens is 1. The number of ether oxygens (including phenoxy) is 4. The highest BCUT2D eigenvalue weighted by Crippen LogP contribution is 2.32. The van der Waals surface area contributed by atoms with Crippen LogP contribution < -0.4 is 14.2 Å². The Bertz CT molecular complexity index is 1230. The summed E-state index contributed by atoms with van der Waals surface area (Å²) in [5.74, 6) is -0.0101. The van der Waals surface area contributed by atoms with Crippen molar-refractivity contribution in [1.82, 2.24) is 4.98 Å². The van der Waals surface area contributed by atoms with Gasteiger partial charge in [-0.1, -0.05) is 0 Å². The third-order valence-electron chi connectivity index (χ3n) is 4.60. The largest absolute Gasteiger partial charge is 0.486 e. The van der Waals surface area contributed by atoms with Crippen LogP contribution in [0.2, 0.25) is 0 Å². The van der Waals surface area contributed by atoms with E-state index in [9.17, 15) is 17.6 Å². The highest BCUT2D eigenvalue weighted by atomic mass is 32.2. The van der Waals surface area contributed by atoms with E-state index >= 15 is 0 Å². The number of esters is 1. The van der Waals surface area contributed by atoms with Crippen molar-refractivity contribution in [2.45, 2.75) is 24.5 Å². The third kappa shape index (κ3) is 6.20. The molecule has 2 heterocycles. The zero-order chi connectivity index (χ0) is 23.3. The van der Waals surface area contributed by atoms with Crippen molar-refractivity contribution in [3.8, 4) is 17.2 Å². The van der Waals surface area contributed by atoms with Crippen LogP contribution in [0.5, 0.6) is 17.2 Å². The second kappa shape index (κ2) is 10.2. The Balaban J connectivity index is 1.23. The number of rotatable bonds is 9. The molecule has 0 fully saturated rings. The van der Waals surface area contributed by atoms with Crippen molar-refractivity contribution in [2.75, 3.05) is 19.0 Å². The summed E-state index contributed by atoms with van der Waals surface area (Å²) in [6.45, 7) is 0.875. The molecule has 0 saturated carbocycles. The Morgan fingerprint density at radius 1 is 1.06 bits per heavy atom. The highest BCUT2D eigenvalue weighted by Gasteiger charge is 2.21. The number of hydrogen-bond acceptors (Lipinski definition) is 9. The summed E-state index contributed by atoms with van der Waals surface area (Å²) in [5.41, 5.74) is 0.528. The van der Waals surface area contributed by atoms with Crippen LogP contribution in [-0.4, -0.2) is 38.3 Å². The molecule has 8 nitrogen and oxygen atoms in total. The van der Waals surface area contributed by atoms with E-state index in [2.05, 4.69) is 4.98 Å². The quantitative estimate of drug-likeness (QED) is 0.417. The molecule has 2 aromatic carbocycles. The fourth-order valence-corrected chi connectivity index (χ4v) is 4.86. The highest BCUT2D eigenvalue weighted by molar-refractivity contribution is 7.91. The number of aromatic nitrogens is 1. The summed E-state index contributed by atoms with van der Waals surface area (Å²) < 4.78 is 59.5. The number of thiazole rings is 1.